The SMILES string of the molecule is CCc1c(Cl)ncnc1NC1CCC(SC)CC1. The lowest BCUT2D eigenvalue weighted by molar-refractivity contribution is 0.472. The predicted octanol–water partition coefficient (Wildman–Crippen LogP) is 3.78. The van der Waals surface area contributed by atoms with Crippen LogP contribution in [0.25, 0.3) is 0 Å². The van der Waals surface area contributed by atoms with E-state index < -0.39 is 0 Å². The fourth-order valence-corrected chi connectivity index (χ4v) is 3.48. The Bertz CT molecular complexity index is 392. The molecule has 5 heteroatoms. The number of hydrogen-bond acceptors (Lipinski definition) is 4. The van der Waals surface area contributed by atoms with Crippen LogP contribution < -0.4 is 5.32 Å². The van der Waals surface area contributed by atoms with Gasteiger partial charge in [0.05, 0.1) is 0 Å². The Hall–Kier alpha value is -0.480. The molecule has 0 atom stereocenters. The summed E-state index contributed by atoms with van der Waals surface area (Å²) in [5.41, 5.74) is 1.03. The highest BCUT2D eigenvalue weighted by molar-refractivity contribution is 7.99. The number of anilines is 1. The molecule has 0 spiro atoms. The van der Waals surface area contributed by atoms with E-state index >= 15 is 0 Å². The highest BCUT2D eigenvalue weighted by Crippen LogP contribution is 2.29. The van der Waals surface area contributed by atoms with Gasteiger partial charge in [-0.25, -0.2) is 9.97 Å². The van der Waals surface area contributed by atoms with E-state index in [1.54, 1.807) is 0 Å². The summed E-state index contributed by atoms with van der Waals surface area (Å²) in [4.78, 5) is 8.37. The molecule has 1 aromatic heterocycles. The number of aromatic nitrogens is 2. The molecule has 0 amide bonds. The minimum absolute atomic E-state index is 0.532. The second-order valence-electron chi connectivity index (χ2n) is 4.70. The molecule has 0 bridgehead atoms. The standard InChI is InChI=1S/C13H20ClN3S/c1-3-11-12(14)15-8-16-13(11)17-9-4-6-10(18-2)7-5-9/h8-10H,3-7H2,1-2H3,(H,15,16,17). The first-order valence-electron chi connectivity index (χ1n) is 6.53. The average Bonchev–Trinajstić information content (AvgIpc) is 2.40. The summed E-state index contributed by atoms with van der Waals surface area (Å²) in [6.07, 6.45) is 9.63. The smallest absolute Gasteiger partial charge is 0.137 e. The van der Waals surface area contributed by atoms with E-state index in [0.29, 0.717) is 11.2 Å². The molecule has 1 aromatic rings. The van der Waals surface area contributed by atoms with Crippen molar-refractivity contribution in [3.63, 3.8) is 0 Å². The number of thioether (sulfide) groups is 1. The van der Waals surface area contributed by atoms with Gasteiger partial charge in [0.15, 0.2) is 0 Å². The number of rotatable bonds is 4. The maximum atomic E-state index is 6.10. The van der Waals surface area contributed by atoms with Crippen LogP contribution >= 0.6 is 23.4 Å². The zero-order valence-corrected chi connectivity index (χ0v) is 12.5. The van der Waals surface area contributed by atoms with Crippen LogP contribution in [-0.4, -0.2) is 27.5 Å². The van der Waals surface area contributed by atoms with E-state index in [2.05, 4.69) is 28.5 Å². The molecule has 0 aromatic carbocycles. The molecule has 0 radical (unpaired) electrons. The summed E-state index contributed by atoms with van der Waals surface area (Å²) >= 11 is 8.09. The van der Waals surface area contributed by atoms with Crippen molar-refractivity contribution in [3.05, 3.63) is 17.0 Å². The lowest BCUT2D eigenvalue weighted by Gasteiger charge is -2.29. The lowest BCUT2D eigenvalue weighted by atomic mass is 9.95. The van der Waals surface area contributed by atoms with E-state index in [0.717, 1.165) is 23.1 Å². The van der Waals surface area contributed by atoms with Gasteiger partial charge in [-0.2, -0.15) is 11.8 Å². The van der Waals surface area contributed by atoms with Gasteiger partial charge in [0, 0.05) is 16.9 Å². The third-order valence-corrected chi connectivity index (χ3v) is 5.06. The third kappa shape index (κ3) is 3.29. The molecule has 0 unspecified atom stereocenters. The molecule has 2 rings (SSSR count). The average molecular weight is 286 g/mol. The largest absolute Gasteiger partial charge is 0.367 e. The quantitative estimate of drug-likeness (QED) is 0.855. The van der Waals surface area contributed by atoms with Crippen molar-refractivity contribution in [3.8, 4) is 0 Å². The zero-order valence-electron chi connectivity index (χ0n) is 10.9. The molecule has 1 aliphatic rings. The van der Waals surface area contributed by atoms with Crippen LogP contribution in [0.4, 0.5) is 5.82 Å². The summed E-state index contributed by atoms with van der Waals surface area (Å²) < 4.78 is 0. The van der Waals surface area contributed by atoms with Crippen LogP contribution in [0.2, 0.25) is 5.15 Å². The van der Waals surface area contributed by atoms with Crippen molar-refractivity contribution in [2.24, 2.45) is 0 Å². The van der Waals surface area contributed by atoms with Crippen LogP contribution in [0.3, 0.4) is 0 Å². The van der Waals surface area contributed by atoms with E-state index in [-0.39, 0.29) is 0 Å². The van der Waals surface area contributed by atoms with E-state index in [4.69, 9.17) is 11.6 Å². The summed E-state index contributed by atoms with van der Waals surface area (Å²) in [5, 5.41) is 4.95. The number of nitrogens with one attached hydrogen (secondary N) is 1. The molecule has 1 heterocycles. The molecular formula is C13H20ClN3S. The normalized spacial score (nSPS) is 23.9. The van der Waals surface area contributed by atoms with Gasteiger partial charge in [-0.1, -0.05) is 18.5 Å². The van der Waals surface area contributed by atoms with Gasteiger partial charge in [-0.3, -0.25) is 0 Å². The van der Waals surface area contributed by atoms with Crippen molar-refractivity contribution < 1.29 is 0 Å². The van der Waals surface area contributed by atoms with Crippen LogP contribution in [0.1, 0.15) is 38.2 Å². The van der Waals surface area contributed by atoms with Crippen LogP contribution in [-0.2, 0) is 6.42 Å². The van der Waals surface area contributed by atoms with Crippen LogP contribution in [0.5, 0.6) is 0 Å². The summed E-state index contributed by atoms with van der Waals surface area (Å²) in [6, 6.07) is 0.532. The Morgan fingerprint density at radius 1 is 1.33 bits per heavy atom. The maximum Gasteiger partial charge on any atom is 0.137 e. The Morgan fingerprint density at radius 2 is 2.06 bits per heavy atom. The molecule has 18 heavy (non-hydrogen) atoms. The molecule has 1 fully saturated rings. The summed E-state index contributed by atoms with van der Waals surface area (Å²) in [7, 11) is 0. The van der Waals surface area contributed by atoms with Gasteiger partial charge in [-0.15, -0.1) is 0 Å². The van der Waals surface area contributed by atoms with Crippen LogP contribution in [0, 0.1) is 0 Å². The van der Waals surface area contributed by atoms with E-state index in [9.17, 15) is 0 Å². The fourth-order valence-electron chi connectivity index (χ4n) is 2.46. The molecule has 0 saturated heterocycles. The third-order valence-electron chi connectivity index (χ3n) is 3.59. The highest BCUT2D eigenvalue weighted by atomic mass is 35.5. The van der Waals surface area contributed by atoms with Gasteiger partial charge in [0.1, 0.15) is 17.3 Å². The first-order valence-corrected chi connectivity index (χ1v) is 8.19. The second kappa shape index (κ2) is 6.62. The van der Waals surface area contributed by atoms with Crippen LogP contribution in [0.15, 0.2) is 6.33 Å². The maximum absolute atomic E-state index is 6.10. The lowest BCUT2D eigenvalue weighted by Crippen LogP contribution is -2.28. The Kier molecular flexibility index (Phi) is 5.13. The molecule has 0 aliphatic heterocycles. The molecule has 1 saturated carbocycles. The van der Waals surface area contributed by atoms with Gasteiger partial charge in [0.25, 0.3) is 0 Å². The predicted molar refractivity (Wildman–Crippen MR) is 79.6 cm³/mol. The molecule has 1 N–H and O–H groups in total. The van der Waals surface area contributed by atoms with Crippen molar-refractivity contribution in [2.75, 3.05) is 11.6 Å². The first kappa shape index (κ1) is 13.9. The number of nitrogens with zero attached hydrogens (tertiary/aromatic N) is 2. The highest BCUT2D eigenvalue weighted by Gasteiger charge is 2.21. The van der Waals surface area contributed by atoms with Gasteiger partial charge < -0.3 is 5.32 Å². The first-order chi connectivity index (χ1) is 8.74. The Morgan fingerprint density at radius 3 is 2.67 bits per heavy atom. The number of hydrogen-bond donors (Lipinski definition) is 1. The summed E-state index contributed by atoms with van der Waals surface area (Å²) in [5.74, 6) is 0.921. The fraction of sp³-hybridized carbons (Fsp3) is 0.692. The Labute approximate surface area is 118 Å². The van der Waals surface area contributed by atoms with E-state index in [1.807, 2.05) is 11.8 Å². The minimum Gasteiger partial charge on any atom is -0.367 e. The minimum atomic E-state index is 0.532. The molecule has 100 valence electrons. The van der Waals surface area contributed by atoms with Crippen molar-refractivity contribution in [1.29, 1.82) is 0 Å². The molecular weight excluding hydrogens is 266 g/mol. The summed E-state index contributed by atoms with van der Waals surface area (Å²) in [6.45, 7) is 2.08. The monoisotopic (exact) mass is 285 g/mol. The zero-order chi connectivity index (χ0) is 13.0. The topological polar surface area (TPSA) is 37.8 Å². The molecule has 1 aliphatic carbocycles. The van der Waals surface area contributed by atoms with Gasteiger partial charge in [-0.05, 0) is 38.4 Å². The van der Waals surface area contributed by atoms with Crippen molar-refractivity contribution in [1.82, 2.24) is 9.97 Å². The molecule has 3 nitrogen and oxygen atoms in total. The number of halogens is 1. The second-order valence-corrected chi connectivity index (χ2v) is 6.19. The van der Waals surface area contributed by atoms with Crippen molar-refractivity contribution >= 4 is 29.2 Å². The van der Waals surface area contributed by atoms with Crippen molar-refractivity contribution in [2.45, 2.75) is 50.3 Å². The Balaban J connectivity index is 2.00. The van der Waals surface area contributed by atoms with Gasteiger partial charge >= 0.3 is 0 Å². The van der Waals surface area contributed by atoms with E-state index in [1.165, 1.54) is 32.0 Å². The van der Waals surface area contributed by atoms with Gasteiger partial charge in [0.2, 0.25) is 0 Å².